The van der Waals surface area contributed by atoms with E-state index in [-0.39, 0.29) is 23.9 Å². The molecule has 0 aliphatic rings. The molecule has 0 bridgehead atoms. The van der Waals surface area contributed by atoms with Crippen molar-refractivity contribution in [3.8, 4) is 0 Å². The van der Waals surface area contributed by atoms with Gasteiger partial charge in [0.05, 0.1) is 0 Å². The van der Waals surface area contributed by atoms with Crippen molar-refractivity contribution in [2.45, 2.75) is 80.1 Å². The molecule has 100 valence electrons. The molecule has 0 spiro atoms. The maximum absolute atomic E-state index is 8.25. The third-order valence-electron chi connectivity index (χ3n) is 1.50. The first kappa shape index (κ1) is 29.9. The summed E-state index contributed by atoms with van der Waals surface area (Å²) in [5.41, 5.74) is 0. The predicted octanol–water partition coefficient (Wildman–Crippen LogP) is 3.40. The van der Waals surface area contributed by atoms with Crippen LogP contribution in [-0.4, -0.2) is 30.4 Å². The van der Waals surface area contributed by atoms with Crippen molar-refractivity contribution < 1.29 is 9.90 Å². The minimum Gasteiger partial charge on any atom is -0.554 e. The summed E-state index contributed by atoms with van der Waals surface area (Å²) in [6, 6.07) is 0. The van der Waals surface area contributed by atoms with E-state index in [1.165, 1.54) is 38.5 Å². The smallest absolute Gasteiger partial charge is 0.0275 e. The first-order chi connectivity index (χ1) is 7.16. The van der Waals surface area contributed by atoms with Crippen molar-refractivity contribution in [2.24, 2.45) is 0 Å². The summed E-state index contributed by atoms with van der Waals surface area (Å²) in [5.74, 6) is 0. The summed E-state index contributed by atoms with van der Waals surface area (Å²) >= 11 is 0. The Labute approximate surface area is 120 Å². The third kappa shape index (κ3) is 235. The fourth-order valence-corrected chi connectivity index (χ4v) is 0. The van der Waals surface area contributed by atoms with Gasteiger partial charge in [0.15, 0.2) is 0 Å². The van der Waals surface area contributed by atoms with E-state index in [0.29, 0.717) is 0 Å². The van der Waals surface area contributed by atoms with Crippen LogP contribution in [0.5, 0.6) is 0 Å². The van der Waals surface area contributed by atoms with Gasteiger partial charge in [-0.05, 0) is 0 Å². The van der Waals surface area contributed by atoms with Gasteiger partial charge < -0.3 is 9.90 Å². The minimum atomic E-state index is -0.500. The molecule has 3 heteroatoms. The Morgan fingerprint density at radius 2 is 0.750 bits per heavy atom. The van der Waals surface area contributed by atoms with Crippen LogP contribution in [0.2, 0.25) is 0 Å². The summed E-state index contributed by atoms with van der Waals surface area (Å²) < 4.78 is 0. The number of carbonyl (C=O) groups excluding carboxylic acids is 1. The Morgan fingerprint density at radius 3 is 0.750 bits per heavy atom. The van der Waals surface area contributed by atoms with Gasteiger partial charge in [0.25, 0.3) is 0 Å². The summed E-state index contributed by atoms with van der Waals surface area (Å²) in [6.45, 7) is 12.6. The Bertz CT molecular complexity index is 53.4. The van der Waals surface area contributed by atoms with Crippen molar-refractivity contribution in [1.29, 1.82) is 0 Å². The molecule has 0 rings (SSSR count). The van der Waals surface area contributed by atoms with Crippen molar-refractivity contribution in [3.63, 3.8) is 0 Å². The molecule has 0 heterocycles. The zero-order valence-electron chi connectivity index (χ0n) is 12.1. The van der Waals surface area contributed by atoms with E-state index in [2.05, 4.69) is 41.5 Å². The summed E-state index contributed by atoms with van der Waals surface area (Å²) in [6.07, 6.45) is 7.92. The maximum atomic E-state index is 8.25. The van der Waals surface area contributed by atoms with Gasteiger partial charge in [-0.2, -0.15) is 0 Å². The van der Waals surface area contributed by atoms with Gasteiger partial charge in [-0.1, -0.05) is 80.1 Å². The monoisotopic (exact) mass is 339 g/mol. The molecule has 0 aliphatic heterocycles. The van der Waals surface area contributed by atoms with Crippen LogP contribution in [0.1, 0.15) is 80.1 Å². The van der Waals surface area contributed by atoms with Crippen molar-refractivity contribution >= 4 is 30.4 Å². The second-order valence-corrected chi connectivity index (χ2v) is 3.10. The first-order valence-electron chi connectivity index (χ1n) is 6.21. The van der Waals surface area contributed by atoms with E-state index in [1.807, 2.05) is 0 Å². The van der Waals surface area contributed by atoms with Gasteiger partial charge in [0.2, 0.25) is 0 Å². The number of unbranched alkanes of at least 4 members (excludes halogenated alkanes) is 3. The predicted molar refractivity (Wildman–Crippen MR) is 73.6 cm³/mol. The Morgan fingerprint density at radius 1 is 0.688 bits per heavy atom. The van der Waals surface area contributed by atoms with Crippen LogP contribution in [0.25, 0.3) is 0 Å². The third-order valence-corrected chi connectivity index (χ3v) is 1.50. The number of hydrogen-bond acceptors (Lipinski definition) is 2. The van der Waals surface area contributed by atoms with Gasteiger partial charge in [-0.25, -0.2) is 0 Å². The van der Waals surface area contributed by atoms with Crippen LogP contribution < -0.4 is 5.11 Å². The van der Waals surface area contributed by atoms with E-state index in [4.69, 9.17) is 9.90 Å². The van der Waals surface area contributed by atoms with Crippen LogP contribution in [0.4, 0.5) is 0 Å². The van der Waals surface area contributed by atoms with Crippen molar-refractivity contribution in [2.75, 3.05) is 0 Å². The number of carboxylic acid groups (broad SMARTS) is 1. The van der Waals surface area contributed by atoms with Gasteiger partial charge in [0.1, 0.15) is 0 Å². The van der Waals surface area contributed by atoms with Crippen LogP contribution in [0, 0.1) is 0 Å². The second kappa shape index (κ2) is 58.8. The molecule has 4 radical (unpaired) electrons. The van der Waals surface area contributed by atoms with Crippen LogP contribution >= 0.6 is 0 Å². The van der Waals surface area contributed by atoms with Gasteiger partial charge in [-0.3, -0.25) is 0 Å². The number of hydrogen-bond donors (Lipinski definition) is 0. The zero-order valence-corrected chi connectivity index (χ0v) is 15.0. The van der Waals surface area contributed by atoms with Crippen molar-refractivity contribution in [3.05, 3.63) is 0 Å². The average molecular weight is 338 g/mol. The summed E-state index contributed by atoms with van der Waals surface area (Å²) in [4.78, 5) is 8.25. The minimum absolute atomic E-state index is 0. The van der Waals surface area contributed by atoms with E-state index in [0.717, 1.165) is 0 Å². The fraction of sp³-hybridized carbons (Fsp3) is 0.923. The van der Waals surface area contributed by atoms with Crippen LogP contribution in [-0.2, 0) is 4.79 Å². The van der Waals surface area contributed by atoms with Gasteiger partial charge >= 0.3 is 0 Å². The molecular formula is C13H31O2Sn-. The molecule has 0 aliphatic carbocycles. The Hall–Kier alpha value is 0.269. The number of carbonyl (C=O) groups is 1. The van der Waals surface area contributed by atoms with Gasteiger partial charge in [0, 0.05) is 30.4 Å². The molecule has 0 unspecified atom stereocenters. The molecule has 0 aromatic heterocycles. The molecule has 0 atom stereocenters. The largest absolute Gasteiger partial charge is 0.554 e. The zero-order chi connectivity index (χ0) is 12.9. The van der Waals surface area contributed by atoms with Crippen LogP contribution in [0.15, 0.2) is 0 Å². The molecule has 2 nitrogen and oxygen atoms in total. The average Bonchev–Trinajstić information content (AvgIpc) is 2.30. The van der Waals surface area contributed by atoms with E-state index >= 15 is 0 Å². The Balaban J connectivity index is -0.0000000331. The molecule has 0 aromatic carbocycles. The molecular weight excluding hydrogens is 307 g/mol. The normalized spacial score (nSPS) is 6.38. The Kier molecular flexibility index (Phi) is 110. The standard InChI is InChI=1S/3C4H10.CH2O2.Sn/c3*1-3-4-2;2-1-3;/h3*3-4H2,1-2H3;1H,(H,2,3);/p-1. The SMILES string of the molecule is CCCC.CCCC.CCCC.O=C[O-].[Sn]. The molecule has 0 N–H and O–H groups in total. The van der Waals surface area contributed by atoms with Crippen LogP contribution in [0.3, 0.4) is 0 Å². The van der Waals surface area contributed by atoms with E-state index in [1.54, 1.807) is 0 Å². The molecule has 0 saturated heterocycles. The fourth-order valence-electron chi connectivity index (χ4n) is 0. The van der Waals surface area contributed by atoms with E-state index in [9.17, 15) is 0 Å². The summed E-state index contributed by atoms with van der Waals surface area (Å²) in [7, 11) is 0. The molecule has 16 heavy (non-hydrogen) atoms. The topological polar surface area (TPSA) is 40.1 Å². The second-order valence-electron chi connectivity index (χ2n) is 3.10. The number of rotatable bonds is 3. The van der Waals surface area contributed by atoms with E-state index < -0.39 is 6.47 Å². The molecule has 0 saturated carbocycles. The maximum Gasteiger partial charge on any atom is 0.0275 e. The van der Waals surface area contributed by atoms with Gasteiger partial charge in [-0.15, -0.1) is 0 Å². The molecule has 0 fully saturated rings. The molecule has 0 aromatic rings. The first-order valence-corrected chi connectivity index (χ1v) is 6.21. The van der Waals surface area contributed by atoms with Crippen molar-refractivity contribution in [1.82, 2.24) is 0 Å². The molecule has 0 amide bonds. The summed E-state index contributed by atoms with van der Waals surface area (Å²) in [5, 5.41) is 8.25. The quantitative estimate of drug-likeness (QED) is 0.585.